The Balaban J connectivity index is 1.08. The number of para-hydroxylation sites is 2. The zero-order chi connectivity index (χ0) is 54.0. The predicted molar refractivity (Wildman–Crippen MR) is 319 cm³/mol. The molecule has 0 atom stereocenters. The van der Waals surface area contributed by atoms with Gasteiger partial charge >= 0.3 is 0 Å². The van der Waals surface area contributed by atoms with E-state index in [2.05, 4.69) is 145 Å². The van der Waals surface area contributed by atoms with Crippen molar-refractivity contribution in [3.63, 3.8) is 0 Å². The summed E-state index contributed by atoms with van der Waals surface area (Å²) in [5.74, 6) is 5.61. The number of benzene rings is 9. The maximum atomic E-state index is 7.74. The molecule has 12 heteroatoms. The fourth-order valence-electron chi connectivity index (χ4n) is 11.1. The molecular weight excluding hydrogens is 985 g/mol. The van der Waals surface area contributed by atoms with Crippen LogP contribution in [0.15, 0.2) is 206 Å². The smallest absolute Gasteiger partial charge is 0.187 e. The molecule has 378 valence electrons. The SMILES string of the molecule is [C-]#[N+]c1ccc(-c2ccc(-c3cc(-c4nc(-c5ccccc5)nc(-c5ccccc5)n4)ccc3-n3c4ccccc4c4cc(-c5nc(C)nc(C)n5)ccc43)c(-n3c4ccccc4c4cc(-c5nc(C)nc(C)n5)ccc43)c2)cc1. The fourth-order valence-corrected chi connectivity index (χ4v) is 11.1. The fraction of sp³-hybridized carbons (Fsp3) is 0.0588. The van der Waals surface area contributed by atoms with Gasteiger partial charge in [-0.25, -0.2) is 49.7 Å². The summed E-state index contributed by atoms with van der Waals surface area (Å²) in [6.45, 7) is 15.3. The van der Waals surface area contributed by atoms with E-state index in [0.717, 1.165) is 105 Å². The molecule has 12 nitrogen and oxygen atoms in total. The largest absolute Gasteiger partial charge is 0.309 e. The average molecular weight is 1030 g/mol. The number of hydrogen-bond acceptors (Lipinski definition) is 9. The van der Waals surface area contributed by atoms with Crippen molar-refractivity contribution < 1.29 is 0 Å². The predicted octanol–water partition coefficient (Wildman–Crippen LogP) is 15.9. The number of aromatic nitrogens is 11. The molecule has 0 fully saturated rings. The quantitative estimate of drug-likeness (QED) is 0.130. The monoisotopic (exact) mass is 1030 g/mol. The van der Waals surface area contributed by atoms with Crippen molar-refractivity contribution in [3.05, 3.63) is 241 Å². The van der Waals surface area contributed by atoms with E-state index in [1.807, 2.05) is 113 Å². The molecule has 0 saturated carbocycles. The van der Waals surface area contributed by atoms with Gasteiger partial charge in [-0.1, -0.05) is 133 Å². The van der Waals surface area contributed by atoms with E-state index >= 15 is 0 Å². The van der Waals surface area contributed by atoms with E-state index in [1.165, 1.54) is 0 Å². The molecule has 0 bridgehead atoms. The second kappa shape index (κ2) is 19.3. The summed E-state index contributed by atoms with van der Waals surface area (Å²) in [5, 5.41) is 4.27. The summed E-state index contributed by atoms with van der Waals surface area (Å²) in [5.41, 5.74) is 14.8. The van der Waals surface area contributed by atoms with Crippen molar-refractivity contribution in [2.75, 3.05) is 0 Å². The lowest BCUT2D eigenvalue weighted by molar-refractivity contribution is 0.928. The van der Waals surface area contributed by atoms with Crippen LogP contribution in [0.3, 0.4) is 0 Å². The lowest BCUT2D eigenvalue weighted by Gasteiger charge is -2.21. The van der Waals surface area contributed by atoms with Gasteiger partial charge in [0.2, 0.25) is 0 Å². The second-order valence-corrected chi connectivity index (χ2v) is 19.8. The van der Waals surface area contributed by atoms with Gasteiger partial charge in [-0.15, -0.1) is 0 Å². The van der Waals surface area contributed by atoms with E-state index in [4.69, 9.17) is 41.5 Å². The van der Waals surface area contributed by atoms with Crippen LogP contribution in [0.4, 0.5) is 5.69 Å². The van der Waals surface area contributed by atoms with Gasteiger partial charge in [0.15, 0.2) is 34.8 Å². The van der Waals surface area contributed by atoms with Crippen molar-refractivity contribution >= 4 is 49.3 Å². The highest BCUT2D eigenvalue weighted by molar-refractivity contribution is 6.13. The molecule has 0 unspecified atom stereocenters. The number of hydrogen-bond donors (Lipinski definition) is 0. The highest BCUT2D eigenvalue weighted by Gasteiger charge is 2.24. The van der Waals surface area contributed by atoms with Gasteiger partial charge in [-0.2, -0.15) is 0 Å². The topological polar surface area (TPSA) is 130 Å². The molecular formula is C68H46N12. The first kappa shape index (κ1) is 47.5. The number of rotatable bonds is 9. The molecule has 0 amide bonds. The Morgan fingerprint density at radius 3 is 1.20 bits per heavy atom. The maximum Gasteiger partial charge on any atom is 0.187 e. The second-order valence-electron chi connectivity index (χ2n) is 19.8. The van der Waals surface area contributed by atoms with Crippen molar-refractivity contribution in [3.8, 4) is 90.6 Å². The van der Waals surface area contributed by atoms with Gasteiger partial charge < -0.3 is 9.13 Å². The van der Waals surface area contributed by atoms with Crippen LogP contribution in [0.25, 0.3) is 139 Å². The molecule has 80 heavy (non-hydrogen) atoms. The summed E-state index contributed by atoms with van der Waals surface area (Å²) in [7, 11) is 0. The van der Waals surface area contributed by atoms with Crippen LogP contribution in [0.2, 0.25) is 0 Å². The van der Waals surface area contributed by atoms with Crippen molar-refractivity contribution in [1.82, 2.24) is 54.0 Å². The van der Waals surface area contributed by atoms with Gasteiger partial charge in [0, 0.05) is 60.5 Å². The van der Waals surface area contributed by atoms with Crippen LogP contribution < -0.4 is 0 Å². The van der Waals surface area contributed by atoms with Gasteiger partial charge in [0.25, 0.3) is 0 Å². The molecule has 0 aliphatic rings. The highest BCUT2D eigenvalue weighted by atomic mass is 15.1. The standard InChI is InChI=1S/C68H46N12/c1-40-70-41(2)73-66(72-40)48-27-33-60-55(36-48)52-20-12-14-22-58(52)79(60)61-34-29-50(68-77-64(45-16-8-6-9-17-45)76-65(78-68)46-18-10-7-11-19-46)38-57(61)54-32-26-47(44-24-30-51(69-5)31-25-44)39-63(54)80-59-23-15-13-21-53(59)56-37-49(28-35-62(56)80)67-74-42(3)71-43(4)75-67/h6-39H,1-4H3. The minimum absolute atomic E-state index is 0.534. The van der Waals surface area contributed by atoms with E-state index in [-0.39, 0.29) is 0 Å². The number of fused-ring (bicyclic) bond motifs is 6. The third kappa shape index (κ3) is 8.37. The van der Waals surface area contributed by atoms with E-state index in [0.29, 0.717) is 58.1 Å². The molecule has 0 N–H and O–H groups in total. The zero-order valence-corrected chi connectivity index (χ0v) is 44.0. The molecule has 14 aromatic rings. The first-order valence-electron chi connectivity index (χ1n) is 26.3. The van der Waals surface area contributed by atoms with E-state index in [9.17, 15) is 0 Å². The number of nitrogens with zero attached hydrogens (tertiary/aromatic N) is 12. The lowest BCUT2D eigenvalue weighted by Crippen LogP contribution is -2.04. The molecule has 0 spiro atoms. The summed E-state index contributed by atoms with van der Waals surface area (Å²) in [6, 6.07) is 71.3. The molecule has 9 aromatic carbocycles. The van der Waals surface area contributed by atoms with Crippen LogP contribution in [0, 0.1) is 34.3 Å². The van der Waals surface area contributed by atoms with E-state index < -0.39 is 0 Å². The molecule has 0 saturated heterocycles. The van der Waals surface area contributed by atoms with Gasteiger partial charge in [0.1, 0.15) is 23.3 Å². The van der Waals surface area contributed by atoms with Crippen LogP contribution in [-0.2, 0) is 0 Å². The Morgan fingerprint density at radius 1 is 0.287 bits per heavy atom. The van der Waals surface area contributed by atoms with Crippen LogP contribution >= 0.6 is 0 Å². The van der Waals surface area contributed by atoms with Crippen LogP contribution in [-0.4, -0.2) is 54.0 Å². The summed E-state index contributed by atoms with van der Waals surface area (Å²) < 4.78 is 4.75. The normalized spacial score (nSPS) is 11.5. The van der Waals surface area contributed by atoms with Gasteiger partial charge in [0.05, 0.1) is 40.0 Å². The molecule has 0 aliphatic carbocycles. The Bertz CT molecular complexity index is 4730. The van der Waals surface area contributed by atoms with Crippen molar-refractivity contribution in [1.29, 1.82) is 0 Å². The van der Waals surface area contributed by atoms with E-state index in [1.54, 1.807) is 0 Å². The Morgan fingerprint density at radius 2 is 0.688 bits per heavy atom. The first-order valence-corrected chi connectivity index (χ1v) is 26.3. The third-order valence-corrected chi connectivity index (χ3v) is 14.6. The number of aryl methyl sites for hydroxylation is 4. The lowest BCUT2D eigenvalue weighted by atomic mass is 9.95. The third-order valence-electron chi connectivity index (χ3n) is 14.6. The van der Waals surface area contributed by atoms with Crippen LogP contribution in [0.1, 0.15) is 23.3 Å². The van der Waals surface area contributed by atoms with Gasteiger partial charge in [-0.05, 0) is 112 Å². The zero-order valence-electron chi connectivity index (χ0n) is 44.0. The summed E-state index contributed by atoms with van der Waals surface area (Å²) in [4.78, 5) is 47.3. The summed E-state index contributed by atoms with van der Waals surface area (Å²) in [6.07, 6.45) is 0. The Hall–Kier alpha value is -10.9. The molecule has 5 aromatic heterocycles. The van der Waals surface area contributed by atoms with Gasteiger partial charge in [-0.3, -0.25) is 0 Å². The first-order chi connectivity index (χ1) is 39.2. The van der Waals surface area contributed by atoms with Crippen molar-refractivity contribution in [2.45, 2.75) is 27.7 Å². The highest BCUT2D eigenvalue weighted by Crippen LogP contribution is 2.44. The Kier molecular flexibility index (Phi) is 11.5. The maximum absolute atomic E-state index is 7.74. The minimum atomic E-state index is 0.534. The minimum Gasteiger partial charge on any atom is -0.309 e. The van der Waals surface area contributed by atoms with Crippen molar-refractivity contribution in [2.24, 2.45) is 0 Å². The molecule has 0 aliphatic heterocycles. The van der Waals surface area contributed by atoms with Crippen LogP contribution in [0.5, 0.6) is 0 Å². The molecule has 14 rings (SSSR count). The summed E-state index contributed by atoms with van der Waals surface area (Å²) >= 11 is 0. The molecule has 5 heterocycles. The Labute approximate surface area is 460 Å². The average Bonchev–Trinajstić information content (AvgIpc) is 4.08. The molecule has 0 radical (unpaired) electrons.